The molecule has 1 saturated heterocycles. The fourth-order valence-corrected chi connectivity index (χ4v) is 2.11. The third-order valence-corrected chi connectivity index (χ3v) is 3.50. The Balaban J connectivity index is 2.07. The topological polar surface area (TPSA) is 9.72 Å². The molecule has 0 atom stereocenters. The summed E-state index contributed by atoms with van der Waals surface area (Å²) in [4.78, 5) is 7.41. The van der Waals surface area contributed by atoms with Gasteiger partial charge in [-0.05, 0) is 27.1 Å². The number of halogens is 1. The highest BCUT2D eigenvalue weighted by molar-refractivity contribution is 9.09. The molecule has 0 saturated carbocycles. The molecule has 0 radical (unpaired) electrons. The van der Waals surface area contributed by atoms with Crippen LogP contribution in [0.2, 0.25) is 0 Å². The molecule has 1 fully saturated rings. The van der Waals surface area contributed by atoms with Gasteiger partial charge in [0.15, 0.2) is 0 Å². The van der Waals surface area contributed by atoms with Gasteiger partial charge in [-0.15, -0.1) is 0 Å². The molecule has 15 heavy (non-hydrogen) atoms. The van der Waals surface area contributed by atoms with Crippen molar-refractivity contribution in [1.29, 1.82) is 0 Å². The van der Waals surface area contributed by atoms with E-state index < -0.39 is 0 Å². The Kier molecular flexibility index (Phi) is 6.81. The molecule has 1 aliphatic heterocycles. The minimum absolute atomic E-state index is 1.13. The lowest BCUT2D eigenvalue weighted by Gasteiger charge is -2.35. The maximum atomic E-state index is 3.49. The fraction of sp³-hybridized carbons (Fsp3) is 1.00. The van der Waals surface area contributed by atoms with Crippen LogP contribution in [0.1, 0.15) is 6.42 Å². The van der Waals surface area contributed by atoms with Crippen molar-refractivity contribution in [2.24, 2.45) is 0 Å². The Morgan fingerprint density at radius 3 is 2.00 bits per heavy atom. The Morgan fingerprint density at radius 1 is 1.00 bits per heavy atom. The number of alkyl halides is 1. The third-order valence-electron chi connectivity index (χ3n) is 2.94. The lowest BCUT2D eigenvalue weighted by molar-refractivity contribution is 0.126. The van der Waals surface area contributed by atoms with Crippen molar-refractivity contribution in [1.82, 2.24) is 14.7 Å². The maximum absolute atomic E-state index is 3.49. The van der Waals surface area contributed by atoms with Gasteiger partial charge in [-0.3, -0.25) is 4.90 Å². The van der Waals surface area contributed by atoms with Gasteiger partial charge in [-0.2, -0.15) is 0 Å². The standard InChI is InChI=1S/C11H24BrN3/c1-13(2)6-7-15-10-8-14(9-11-15)5-3-4-12/h3-11H2,1-2H3. The zero-order chi connectivity index (χ0) is 11.1. The summed E-state index contributed by atoms with van der Waals surface area (Å²) in [5.74, 6) is 0. The second-order valence-corrected chi connectivity index (χ2v) is 5.32. The van der Waals surface area contributed by atoms with Crippen LogP contribution in [0.15, 0.2) is 0 Å². The van der Waals surface area contributed by atoms with E-state index in [2.05, 4.69) is 44.7 Å². The van der Waals surface area contributed by atoms with E-state index in [1.54, 1.807) is 0 Å². The molecule has 4 heteroatoms. The third kappa shape index (κ3) is 5.85. The molecule has 0 aromatic rings. The van der Waals surface area contributed by atoms with Crippen molar-refractivity contribution in [3.63, 3.8) is 0 Å². The summed E-state index contributed by atoms with van der Waals surface area (Å²) in [5.41, 5.74) is 0. The van der Waals surface area contributed by atoms with Gasteiger partial charge < -0.3 is 9.80 Å². The second kappa shape index (κ2) is 7.60. The van der Waals surface area contributed by atoms with E-state index in [1.165, 1.54) is 52.2 Å². The minimum Gasteiger partial charge on any atom is -0.308 e. The number of nitrogens with zero attached hydrogens (tertiary/aromatic N) is 3. The first kappa shape index (κ1) is 13.4. The maximum Gasteiger partial charge on any atom is 0.0110 e. The van der Waals surface area contributed by atoms with Crippen LogP contribution in [0.25, 0.3) is 0 Å². The molecule has 0 amide bonds. The Hall–Kier alpha value is 0.360. The molecule has 1 aliphatic rings. The summed E-state index contributed by atoms with van der Waals surface area (Å²) in [5, 5.41) is 1.13. The van der Waals surface area contributed by atoms with Crippen molar-refractivity contribution in [2.75, 3.05) is 65.2 Å². The highest BCUT2D eigenvalue weighted by Gasteiger charge is 2.15. The van der Waals surface area contributed by atoms with Crippen LogP contribution < -0.4 is 0 Å². The molecule has 0 unspecified atom stereocenters. The van der Waals surface area contributed by atoms with Crippen molar-refractivity contribution < 1.29 is 0 Å². The first-order valence-electron chi connectivity index (χ1n) is 5.88. The largest absolute Gasteiger partial charge is 0.308 e. The molecule has 0 aliphatic carbocycles. The van der Waals surface area contributed by atoms with Crippen LogP contribution in [0.4, 0.5) is 0 Å². The van der Waals surface area contributed by atoms with Crippen LogP contribution in [-0.4, -0.2) is 79.9 Å². The van der Waals surface area contributed by atoms with Gasteiger partial charge in [0.2, 0.25) is 0 Å². The van der Waals surface area contributed by atoms with Gasteiger partial charge >= 0.3 is 0 Å². The van der Waals surface area contributed by atoms with Gasteiger partial charge in [0.05, 0.1) is 0 Å². The van der Waals surface area contributed by atoms with E-state index in [0.717, 1.165) is 5.33 Å². The van der Waals surface area contributed by atoms with Gasteiger partial charge in [0, 0.05) is 44.6 Å². The Morgan fingerprint density at radius 2 is 1.53 bits per heavy atom. The lowest BCUT2D eigenvalue weighted by Crippen LogP contribution is -2.48. The van der Waals surface area contributed by atoms with E-state index in [4.69, 9.17) is 0 Å². The zero-order valence-electron chi connectivity index (χ0n) is 10.1. The molecular weight excluding hydrogens is 254 g/mol. The molecular formula is C11H24BrN3. The van der Waals surface area contributed by atoms with E-state index >= 15 is 0 Å². The highest BCUT2D eigenvalue weighted by Crippen LogP contribution is 2.03. The van der Waals surface area contributed by atoms with Crippen molar-refractivity contribution in [3.8, 4) is 0 Å². The molecule has 0 bridgehead atoms. The molecule has 0 aromatic heterocycles. The van der Waals surface area contributed by atoms with Crippen LogP contribution in [-0.2, 0) is 0 Å². The van der Waals surface area contributed by atoms with E-state index in [0.29, 0.717) is 0 Å². The van der Waals surface area contributed by atoms with Gasteiger partial charge in [0.25, 0.3) is 0 Å². The second-order valence-electron chi connectivity index (χ2n) is 4.53. The monoisotopic (exact) mass is 277 g/mol. The molecule has 3 nitrogen and oxygen atoms in total. The summed E-state index contributed by atoms with van der Waals surface area (Å²) >= 11 is 3.49. The molecule has 1 heterocycles. The summed E-state index contributed by atoms with van der Waals surface area (Å²) in [6.07, 6.45) is 1.28. The van der Waals surface area contributed by atoms with Crippen LogP contribution >= 0.6 is 15.9 Å². The predicted molar refractivity (Wildman–Crippen MR) is 69.8 cm³/mol. The molecule has 1 rings (SSSR count). The summed E-state index contributed by atoms with van der Waals surface area (Å²) in [7, 11) is 4.29. The predicted octanol–water partition coefficient (Wildman–Crippen LogP) is 0.951. The first-order valence-corrected chi connectivity index (χ1v) is 7.00. The summed E-state index contributed by atoms with van der Waals surface area (Å²) in [6.45, 7) is 8.65. The van der Waals surface area contributed by atoms with Crippen molar-refractivity contribution in [2.45, 2.75) is 6.42 Å². The first-order chi connectivity index (χ1) is 7.22. The van der Waals surface area contributed by atoms with Crippen LogP contribution in [0.3, 0.4) is 0 Å². The van der Waals surface area contributed by atoms with E-state index in [1.807, 2.05) is 0 Å². The molecule has 0 N–H and O–H groups in total. The number of hydrogen-bond acceptors (Lipinski definition) is 3. The van der Waals surface area contributed by atoms with Crippen molar-refractivity contribution in [3.05, 3.63) is 0 Å². The highest BCUT2D eigenvalue weighted by atomic mass is 79.9. The van der Waals surface area contributed by atoms with Gasteiger partial charge in [0.1, 0.15) is 0 Å². The number of hydrogen-bond donors (Lipinski definition) is 0. The lowest BCUT2D eigenvalue weighted by atomic mass is 10.3. The Bertz CT molecular complexity index is 156. The smallest absolute Gasteiger partial charge is 0.0110 e. The quantitative estimate of drug-likeness (QED) is 0.670. The number of likely N-dealkylation sites (N-methyl/N-ethyl adjacent to an activating group) is 1. The SMILES string of the molecule is CN(C)CCN1CCN(CCCBr)CC1. The summed E-state index contributed by atoms with van der Waals surface area (Å²) < 4.78 is 0. The minimum atomic E-state index is 1.13. The molecule has 90 valence electrons. The molecule has 0 aromatic carbocycles. The normalized spacial score (nSPS) is 20.0. The van der Waals surface area contributed by atoms with Gasteiger partial charge in [-0.25, -0.2) is 0 Å². The number of rotatable bonds is 6. The fourth-order valence-electron chi connectivity index (χ4n) is 1.86. The molecule has 0 spiro atoms. The van der Waals surface area contributed by atoms with Gasteiger partial charge in [-0.1, -0.05) is 15.9 Å². The van der Waals surface area contributed by atoms with Crippen LogP contribution in [0.5, 0.6) is 0 Å². The van der Waals surface area contributed by atoms with Crippen molar-refractivity contribution >= 4 is 15.9 Å². The van der Waals surface area contributed by atoms with E-state index in [-0.39, 0.29) is 0 Å². The average molecular weight is 278 g/mol. The number of piperazine rings is 1. The van der Waals surface area contributed by atoms with E-state index in [9.17, 15) is 0 Å². The average Bonchev–Trinajstić information content (AvgIpc) is 2.25. The van der Waals surface area contributed by atoms with Crippen LogP contribution in [0, 0.1) is 0 Å². The zero-order valence-corrected chi connectivity index (χ0v) is 11.7. The Labute approximate surface area is 103 Å². The summed E-state index contributed by atoms with van der Waals surface area (Å²) in [6, 6.07) is 0.